The molecule has 2 heterocycles. The van der Waals surface area contributed by atoms with Crippen LogP contribution in [0, 0.1) is 33.6 Å². The number of ether oxygens (including phenoxy) is 1. The Kier molecular flexibility index (Phi) is 7.25. The van der Waals surface area contributed by atoms with Crippen molar-refractivity contribution in [2.75, 3.05) is 19.7 Å². The molecule has 9 heteroatoms. The number of Topliss-reactive ketones (excluding diaryl/α,β-unsaturated/α-hetero) is 1. The van der Waals surface area contributed by atoms with Gasteiger partial charge in [-0.05, 0) is 74.9 Å². The Morgan fingerprint density at radius 2 is 1.68 bits per heavy atom. The van der Waals surface area contributed by atoms with Crippen molar-refractivity contribution >= 4 is 44.7 Å². The summed E-state index contributed by atoms with van der Waals surface area (Å²) in [6, 6.07) is 5.22. The van der Waals surface area contributed by atoms with Gasteiger partial charge in [0.2, 0.25) is 15.8 Å². The van der Waals surface area contributed by atoms with Gasteiger partial charge in [-0.15, -0.1) is 11.3 Å². The standard InChI is InChI=1S/C22H26ClNO5S2/c1-13-11-14(2)16(4)21(15(13)3)31(27,28)24-9-7-17(8-10-24)22(26)29-12-18(25)19-5-6-20(23)30-19/h5-6,11,17H,7-10,12H2,1-4H3. The first-order chi connectivity index (χ1) is 14.5. The molecule has 1 fully saturated rings. The predicted octanol–water partition coefficient (Wildman–Crippen LogP) is 4.46. The Labute approximate surface area is 192 Å². The molecule has 0 saturated carbocycles. The Morgan fingerprint density at radius 1 is 1.10 bits per heavy atom. The molecule has 1 aliphatic heterocycles. The molecule has 0 spiro atoms. The van der Waals surface area contributed by atoms with E-state index in [0.29, 0.717) is 27.0 Å². The average molecular weight is 484 g/mol. The highest BCUT2D eigenvalue weighted by atomic mass is 35.5. The number of thiophene rings is 1. The van der Waals surface area contributed by atoms with Crippen molar-refractivity contribution in [3.8, 4) is 0 Å². The van der Waals surface area contributed by atoms with Crippen LogP contribution < -0.4 is 0 Å². The van der Waals surface area contributed by atoms with E-state index < -0.39 is 21.9 Å². The number of hydrogen-bond acceptors (Lipinski definition) is 6. The fourth-order valence-electron chi connectivity index (χ4n) is 3.82. The van der Waals surface area contributed by atoms with Gasteiger partial charge in [-0.25, -0.2) is 8.42 Å². The van der Waals surface area contributed by atoms with Crippen LogP contribution >= 0.6 is 22.9 Å². The monoisotopic (exact) mass is 483 g/mol. The van der Waals surface area contributed by atoms with Crippen molar-refractivity contribution in [3.05, 3.63) is 49.7 Å². The molecule has 0 N–H and O–H groups in total. The number of rotatable bonds is 6. The molecule has 0 aliphatic carbocycles. The number of carbonyl (C=O) groups is 2. The number of carbonyl (C=O) groups excluding carboxylic acids is 2. The summed E-state index contributed by atoms with van der Waals surface area (Å²) in [5.41, 5.74) is 3.40. The quantitative estimate of drug-likeness (QED) is 0.447. The topological polar surface area (TPSA) is 80.8 Å². The van der Waals surface area contributed by atoms with Crippen LogP contribution in [0.3, 0.4) is 0 Å². The second kappa shape index (κ2) is 9.40. The highest BCUT2D eigenvalue weighted by molar-refractivity contribution is 7.89. The van der Waals surface area contributed by atoms with E-state index in [1.165, 1.54) is 4.31 Å². The van der Waals surface area contributed by atoms with Crippen LogP contribution in [-0.2, 0) is 19.6 Å². The molecule has 0 atom stereocenters. The van der Waals surface area contributed by atoms with Crippen molar-refractivity contribution in [2.45, 2.75) is 45.4 Å². The lowest BCUT2D eigenvalue weighted by molar-refractivity contribution is -0.148. The second-order valence-corrected chi connectivity index (χ2v) is 11.5. The minimum absolute atomic E-state index is 0.239. The average Bonchev–Trinajstić information content (AvgIpc) is 3.17. The van der Waals surface area contributed by atoms with Gasteiger partial charge < -0.3 is 4.74 Å². The van der Waals surface area contributed by atoms with Gasteiger partial charge in [-0.3, -0.25) is 9.59 Å². The summed E-state index contributed by atoms with van der Waals surface area (Å²) in [6.07, 6.45) is 0.722. The largest absolute Gasteiger partial charge is 0.457 e. The third-order valence-electron chi connectivity index (χ3n) is 5.88. The lowest BCUT2D eigenvalue weighted by Gasteiger charge is -2.31. The predicted molar refractivity (Wildman–Crippen MR) is 121 cm³/mol. The number of halogens is 1. The lowest BCUT2D eigenvalue weighted by Crippen LogP contribution is -2.41. The first-order valence-electron chi connectivity index (χ1n) is 10.0. The van der Waals surface area contributed by atoms with Crippen molar-refractivity contribution in [1.82, 2.24) is 4.31 Å². The second-order valence-electron chi connectivity index (χ2n) is 7.90. The molecule has 1 aromatic heterocycles. The van der Waals surface area contributed by atoms with E-state index in [-0.39, 0.29) is 25.5 Å². The molecule has 2 aromatic rings. The summed E-state index contributed by atoms with van der Waals surface area (Å²) in [7, 11) is -3.66. The number of sulfonamides is 1. The number of piperidine rings is 1. The molecule has 0 radical (unpaired) electrons. The molecular weight excluding hydrogens is 458 g/mol. The number of aryl methyl sites for hydroxylation is 2. The fraction of sp³-hybridized carbons (Fsp3) is 0.455. The molecule has 0 bridgehead atoms. The number of ketones is 1. The smallest absolute Gasteiger partial charge is 0.309 e. The molecule has 1 saturated heterocycles. The SMILES string of the molecule is Cc1cc(C)c(C)c(S(=O)(=O)N2CCC(C(=O)OCC(=O)c3ccc(Cl)s3)CC2)c1C. The zero-order valence-electron chi connectivity index (χ0n) is 18.0. The molecule has 6 nitrogen and oxygen atoms in total. The Bertz CT molecular complexity index is 1090. The van der Waals surface area contributed by atoms with E-state index >= 15 is 0 Å². The molecule has 3 rings (SSSR count). The number of nitrogens with zero attached hydrogens (tertiary/aromatic N) is 1. The third kappa shape index (κ3) is 5.03. The molecule has 0 unspecified atom stereocenters. The molecule has 168 valence electrons. The minimum Gasteiger partial charge on any atom is -0.457 e. The van der Waals surface area contributed by atoms with Gasteiger partial charge in [-0.1, -0.05) is 17.7 Å². The Hall–Kier alpha value is -1.74. The summed E-state index contributed by atoms with van der Waals surface area (Å²) in [5.74, 6) is -1.19. The third-order valence-corrected chi connectivity index (χ3v) is 9.32. The van der Waals surface area contributed by atoms with Gasteiger partial charge in [0.25, 0.3) is 0 Å². The zero-order chi connectivity index (χ0) is 22.9. The van der Waals surface area contributed by atoms with Gasteiger partial charge in [0.15, 0.2) is 6.61 Å². The minimum atomic E-state index is -3.66. The summed E-state index contributed by atoms with van der Waals surface area (Å²) in [4.78, 5) is 25.3. The van der Waals surface area contributed by atoms with Gasteiger partial charge in [0.05, 0.1) is 20.0 Å². The van der Waals surface area contributed by atoms with E-state index in [9.17, 15) is 18.0 Å². The molecule has 1 aliphatic rings. The van der Waals surface area contributed by atoms with Crippen LogP contribution in [0.5, 0.6) is 0 Å². The first kappa shape index (κ1) is 23.9. The summed E-state index contributed by atoms with van der Waals surface area (Å²) in [6.45, 7) is 7.62. The summed E-state index contributed by atoms with van der Waals surface area (Å²) in [5, 5.41) is 0. The maximum atomic E-state index is 13.3. The Balaban J connectivity index is 1.63. The van der Waals surface area contributed by atoms with E-state index in [1.54, 1.807) is 12.1 Å². The van der Waals surface area contributed by atoms with Crippen LogP contribution in [0.2, 0.25) is 4.34 Å². The van der Waals surface area contributed by atoms with Crippen molar-refractivity contribution in [3.63, 3.8) is 0 Å². The molecule has 31 heavy (non-hydrogen) atoms. The normalized spacial score (nSPS) is 15.8. The van der Waals surface area contributed by atoms with Crippen LogP contribution in [0.4, 0.5) is 0 Å². The highest BCUT2D eigenvalue weighted by Gasteiger charge is 2.35. The summed E-state index contributed by atoms with van der Waals surface area (Å²) < 4.78 is 33.8. The fourth-order valence-corrected chi connectivity index (χ4v) is 6.83. The number of hydrogen-bond donors (Lipinski definition) is 0. The van der Waals surface area contributed by atoms with E-state index in [4.69, 9.17) is 16.3 Å². The van der Waals surface area contributed by atoms with Crippen molar-refractivity contribution < 1.29 is 22.7 Å². The van der Waals surface area contributed by atoms with Crippen molar-refractivity contribution in [1.29, 1.82) is 0 Å². The Morgan fingerprint density at radius 3 is 2.19 bits per heavy atom. The van der Waals surface area contributed by atoms with Gasteiger partial charge in [0.1, 0.15) is 0 Å². The van der Waals surface area contributed by atoms with Crippen LogP contribution in [0.15, 0.2) is 23.1 Å². The van der Waals surface area contributed by atoms with Crippen LogP contribution in [-0.4, -0.2) is 44.2 Å². The van der Waals surface area contributed by atoms with Gasteiger partial charge in [-0.2, -0.15) is 4.31 Å². The van der Waals surface area contributed by atoms with Gasteiger partial charge >= 0.3 is 5.97 Å². The molecular formula is C22H26ClNO5S2. The van der Waals surface area contributed by atoms with E-state index in [1.807, 2.05) is 33.8 Å². The summed E-state index contributed by atoms with van der Waals surface area (Å²) >= 11 is 6.96. The van der Waals surface area contributed by atoms with Crippen LogP contribution in [0.1, 0.15) is 44.8 Å². The van der Waals surface area contributed by atoms with Gasteiger partial charge in [0, 0.05) is 13.1 Å². The number of esters is 1. The van der Waals surface area contributed by atoms with Crippen molar-refractivity contribution in [2.24, 2.45) is 5.92 Å². The maximum absolute atomic E-state index is 13.3. The highest BCUT2D eigenvalue weighted by Crippen LogP contribution is 2.31. The molecule has 1 aromatic carbocycles. The zero-order valence-corrected chi connectivity index (χ0v) is 20.4. The molecule has 0 amide bonds. The lowest BCUT2D eigenvalue weighted by atomic mass is 9.98. The van der Waals surface area contributed by atoms with E-state index in [0.717, 1.165) is 33.6 Å². The number of benzene rings is 1. The first-order valence-corrected chi connectivity index (χ1v) is 12.7. The van der Waals surface area contributed by atoms with Crippen LogP contribution in [0.25, 0.3) is 0 Å². The van der Waals surface area contributed by atoms with E-state index in [2.05, 4.69) is 0 Å². The maximum Gasteiger partial charge on any atom is 0.309 e.